The zero-order valence-electron chi connectivity index (χ0n) is 10.3. The summed E-state index contributed by atoms with van der Waals surface area (Å²) in [6.45, 7) is 3.84. The van der Waals surface area contributed by atoms with Gasteiger partial charge in [-0.25, -0.2) is 0 Å². The number of carboxylic acid groups (broad SMARTS) is 1. The summed E-state index contributed by atoms with van der Waals surface area (Å²) in [5.41, 5.74) is 2.47. The molecule has 0 saturated heterocycles. The maximum atomic E-state index is 10.3. The van der Waals surface area contributed by atoms with Crippen LogP contribution < -0.4 is 5.32 Å². The van der Waals surface area contributed by atoms with Gasteiger partial charge in [-0.3, -0.25) is 9.78 Å². The lowest BCUT2D eigenvalue weighted by atomic mass is 10.1. The third-order valence-corrected chi connectivity index (χ3v) is 2.70. The van der Waals surface area contributed by atoms with Crippen molar-refractivity contribution < 1.29 is 9.90 Å². The molecular formula is C13H20N2O2. The Labute approximate surface area is 102 Å². The Morgan fingerprint density at radius 3 is 2.94 bits per heavy atom. The Morgan fingerprint density at radius 1 is 1.41 bits per heavy atom. The number of unbranched alkanes of at least 4 members (excludes halogenated alkanes) is 2. The third kappa shape index (κ3) is 6.02. The molecule has 0 saturated carbocycles. The standard InChI is InChI=1S/C13H20N2O2/c1-11-9-15-8-6-12(11)10-14-7-4-2-3-5-13(16)17/h6,8-9,14H,2-5,7,10H2,1H3,(H,16,17). The number of nitrogens with zero attached hydrogens (tertiary/aromatic N) is 1. The minimum atomic E-state index is -0.703. The highest BCUT2D eigenvalue weighted by molar-refractivity contribution is 5.66. The van der Waals surface area contributed by atoms with Crippen LogP contribution in [0, 0.1) is 6.92 Å². The van der Waals surface area contributed by atoms with Crippen LogP contribution in [0.15, 0.2) is 18.5 Å². The summed E-state index contributed by atoms with van der Waals surface area (Å²) in [6, 6.07) is 2.02. The second-order valence-electron chi connectivity index (χ2n) is 4.18. The quantitative estimate of drug-likeness (QED) is 0.679. The first-order valence-corrected chi connectivity index (χ1v) is 6.02. The molecule has 0 bridgehead atoms. The average Bonchev–Trinajstić information content (AvgIpc) is 2.30. The van der Waals surface area contributed by atoms with E-state index in [0.29, 0.717) is 0 Å². The summed E-state index contributed by atoms with van der Waals surface area (Å²) < 4.78 is 0. The van der Waals surface area contributed by atoms with Crippen LogP contribution in [-0.4, -0.2) is 22.6 Å². The molecule has 1 aromatic rings. The van der Waals surface area contributed by atoms with Crippen molar-refractivity contribution in [2.75, 3.05) is 6.54 Å². The first-order chi connectivity index (χ1) is 8.20. The van der Waals surface area contributed by atoms with Gasteiger partial charge in [-0.2, -0.15) is 0 Å². The molecule has 2 N–H and O–H groups in total. The minimum Gasteiger partial charge on any atom is -0.481 e. The zero-order chi connectivity index (χ0) is 12.5. The van der Waals surface area contributed by atoms with Gasteiger partial charge in [0.1, 0.15) is 0 Å². The number of rotatable bonds is 8. The highest BCUT2D eigenvalue weighted by Gasteiger charge is 1.98. The van der Waals surface area contributed by atoms with Crippen LogP contribution >= 0.6 is 0 Å². The van der Waals surface area contributed by atoms with Crippen LogP contribution in [0.25, 0.3) is 0 Å². The Balaban J connectivity index is 2.05. The second-order valence-corrected chi connectivity index (χ2v) is 4.18. The van der Waals surface area contributed by atoms with E-state index in [4.69, 9.17) is 5.11 Å². The van der Waals surface area contributed by atoms with E-state index in [-0.39, 0.29) is 6.42 Å². The Bertz CT molecular complexity index is 353. The zero-order valence-corrected chi connectivity index (χ0v) is 10.3. The number of hydrogen-bond donors (Lipinski definition) is 2. The average molecular weight is 236 g/mol. The molecule has 1 aromatic heterocycles. The van der Waals surface area contributed by atoms with Crippen molar-refractivity contribution in [1.29, 1.82) is 0 Å². The highest BCUT2D eigenvalue weighted by atomic mass is 16.4. The van der Waals surface area contributed by atoms with Crippen molar-refractivity contribution in [3.05, 3.63) is 29.6 Å². The first kappa shape index (κ1) is 13.6. The second kappa shape index (κ2) is 7.79. The Hall–Kier alpha value is -1.42. The fourth-order valence-corrected chi connectivity index (χ4v) is 1.63. The lowest BCUT2D eigenvalue weighted by Gasteiger charge is -2.06. The van der Waals surface area contributed by atoms with E-state index < -0.39 is 5.97 Å². The molecule has 0 aliphatic rings. The summed E-state index contributed by atoms with van der Waals surface area (Å²) in [4.78, 5) is 14.3. The smallest absolute Gasteiger partial charge is 0.303 e. The molecule has 0 spiro atoms. The van der Waals surface area contributed by atoms with Gasteiger partial charge in [0.2, 0.25) is 0 Å². The molecule has 1 rings (SSSR count). The number of aryl methyl sites for hydroxylation is 1. The van der Waals surface area contributed by atoms with Gasteiger partial charge >= 0.3 is 5.97 Å². The van der Waals surface area contributed by atoms with E-state index in [2.05, 4.69) is 17.2 Å². The maximum Gasteiger partial charge on any atom is 0.303 e. The van der Waals surface area contributed by atoms with Gasteiger partial charge in [-0.15, -0.1) is 0 Å². The molecule has 17 heavy (non-hydrogen) atoms. The van der Waals surface area contributed by atoms with Gasteiger partial charge in [-0.1, -0.05) is 6.42 Å². The number of aromatic nitrogens is 1. The van der Waals surface area contributed by atoms with E-state index in [1.165, 1.54) is 11.1 Å². The van der Waals surface area contributed by atoms with Crippen molar-refractivity contribution >= 4 is 5.97 Å². The van der Waals surface area contributed by atoms with Crippen LogP contribution in [0.3, 0.4) is 0 Å². The fraction of sp³-hybridized carbons (Fsp3) is 0.538. The number of carboxylic acids is 1. The van der Waals surface area contributed by atoms with Crippen molar-refractivity contribution in [1.82, 2.24) is 10.3 Å². The minimum absolute atomic E-state index is 0.281. The monoisotopic (exact) mass is 236 g/mol. The van der Waals surface area contributed by atoms with E-state index in [9.17, 15) is 4.79 Å². The van der Waals surface area contributed by atoms with E-state index in [0.717, 1.165) is 32.4 Å². The predicted octanol–water partition coefficient (Wildman–Crippen LogP) is 2.12. The Morgan fingerprint density at radius 2 is 2.24 bits per heavy atom. The fourth-order valence-electron chi connectivity index (χ4n) is 1.63. The van der Waals surface area contributed by atoms with Crippen molar-refractivity contribution in [3.8, 4) is 0 Å². The molecule has 0 aliphatic carbocycles. The molecule has 0 unspecified atom stereocenters. The Kier molecular flexibility index (Phi) is 6.25. The molecule has 94 valence electrons. The van der Waals surface area contributed by atoms with Crippen LogP contribution in [0.4, 0.5) is 0 Å². The molecule has 0 radical (unpaired) electrons. The van der Waals surface area contributed by atoms with Crippen molar-refractivity contribution in [2.45, 2.75) is 39.2 Å². The number of nitrogens with one attached hydrogen (secondary N) is 1. The largest absolute Gasteiger partial charge is 0.481 e. The number of hydrogen-bond acceptors (Lipinski definition) is 3. The molecule has 0 amide bonds. The van der Waals surface area contributed by atoms with Gasteiger partial charge in [-0.05, 0) is 43.5 Å². The maximum absolute atomic E-state index is 10.3. The lowest BCUT2D eigenvalue weighted by molar-refractivity contribution is -0.137. The molecule has 1 heterocycles. The molecule has 0 fully saturated rings. The van der Waals surface area contributed by atoms with Crippen LogP contribution in [-0.2, 0) is 11.3 Å². The predicted molar refractivity (Wildman–Crippen MR) is 66.8 cm³/mol. The normalized spacial score (nSPS) is 10.4. The molecule has 4 heteroatoms. The lowest BCUT2D eigenvalue weighted by Crippen LogP contribution is -2.15. The van der Waals surface area contributed by atoms with Gasteiger partial charge in [0.15, 0.2) is 0 Å². The van der Waals surface area contributed by atoms with Gasteiger partial charge < -0.3 is 10.4 Å². The molecular weight excluding hydrogens is 216 g/mol. The van der Waals surface area contributed by atoms with E-state index in [1.54, 1.807) is 6.20 Å². The van der Waals surface area contributed by atoms with Gasteiger partial charge in [0.05, 0.1) is 0 Å². The SMILES string of the molecule is Cc1cnccc1CNCCCCCC(=O)O. The number of aliphatic carboxylic acids is 1. The number of pyridine rings is 1. The highest BCUT2D eigenvalue weighted by Crippen LogP contribution is 2.04. The summed E-state index contributed by atoms with van der Waals surface area (Å²) >= 11 is 0. The molecule has 0 atom stereocenters. The molecule has 0 aromatic carbocycles. The summed E-state index contributed by atoms with van der Waals surface area (Å²) in [5.74, 6) is -0.703. The first-order valence-electron chi connectivity index (χ1n) is 6.02. The van der Waals surface area contributed by atoms with Gasteiger partial charge in [0, 0.05) is 25.4 Å². The summed E-state index contributed by atoms with van der Waals surface area (Å²) in [5, 5.41) is 11.8. The summed E-state index contributed by atoms with van der Waals surface area (Å²) in [7, 11) is 0. The van der Waals surface area contributed by atoms with Crippen LogP contribution in [0.1, 0.15) is 36.8 Å². The van der Waals surface area contributed by atoms with E-state index in [1.807, 2.05) is 12.3 Å². The van der Waals surface area contributed by atoms with Gasteiger partial charge in [0.25, 0.3) is 0 Å². The van der Waals surface area contributed by atoms with Crippen LogP contribution in [0.2, 0.25) is 0 Å². The summed E-state index contributed by atoms with van der Waals surface area (Å²) in [6.07, 6.45) is 6.71. The van der Waals surface area contributed by atoms with Crippen molar-refractivity contribution in [2.24, 2.45) is 0 Å². The van der Waals surface area contributed by atoms with Crippen molar-refractivity contribution in [3.63, 3.8) is 0 Å². The topological polar surface area (TPSA) is 62.2 Å². The molecule has 4 nitrogen and oxygen atoms in total. The third-order valence-electron chi connectivity index (χ3n) is 2.70. The molecule has 0 aliphatic heterocycles. The van der Waals surface area contributed by atoms with E-state index >= 15 is 0 Å². The number of carbonyl (C=O) groups is 1. The van der Waals surface area contributed by atoms with Crippen LogP contribution in [0.5, 0.6) is 0 Å².